The minimum Gasteiger partial charge on any atom is -0.434 e. The maximum absolute atomic E-state index is 5.77. The van der Waals surface area contributed by atoms with Crippen molar-refractivity contribution >= 4 is 16.9 Å². The first-order chi connectivity index (χ1) is 9.26. The normalized spacial score (nSPS) is 10.7. The monoisotopic (exact) mass is 252 g/mol. The molecule has 3 rings (SSSR count). The summed E-state index contributed by atoms with van der Waals surface area (Å²) in [6.45, 7) is 3.68. The van der Waals surface area contributed by atoms with Crippen LogP contribution in [0.2, 0.25) is 0 Å². The van der Waals surface area contributed by atoms with Gasteiger partial charge in [-0.3, -0.25) is 0 Å². The van der Waals surface area contributed by atoms with Gasteiger partial charge in [-0.1, -0.05) is 18.2 Å². The van der Waals surface area contributed by atoms with Gasteiger partial charge in [-0.15, -0.1) is 6.58 Å². The third-order valence-corrected chi connectivity index (χ3v) is 2.64. The van der Waals surface area contributed by atoms with Crippen LogP contribution in [0.3, 0.4) is 0 Å². The largest absolute Gasteiger partial charge is 0.434 e. The molecule has 0 aliphatic rings. The van der Waals surface area contributed by atoms with Crippen LogP contribution >= 0.6 is 0 Å². The van der Waals surface area contributed by atoms with Crippen molar-refractivity contribution in [3.05, 3.63) is 48.7 Å². The van der Waals surface area contributed by atoms with Crippen LogP contribution in [0.4, 0.5) is 5.82 Å². The molecule has 0 fully saturated rings. The van der Waals surface area contributed by atoms with Crippen molar-refractivity contribution in [3.8, 4) is 11.7 Å². The average Bonchev–Trinajstić information content (AvgIpc) is 2.82. The van der Waals surface area contributed by atoms with Crippen LogP contribution in [0, 0.1) is 0 Å². The molecule has 2 aromatic heterocycles. The Morgan fingerprint density at radius 3 is 2.84 bits per heavy atom. The Morgan fingerprint density at radius 2 is 2.05 bits per heavy atom. The lowest BCUT2D eigenvalue weighted by atomic mass is 10.3. The number of nitrogens with two attached hydrogens (primary N) is 1. The SMILES string of the molecule is C=CCc1cc(N)nc(-c2nc3ccccc3o2)n1. The van der Waals surface area contributed by atoms with E-state index in [4.69, 9.17) is 10.2 Å². The van der Waals surface area contributed by atoms with Crippen molar-refractivity contribution in [2.75, 3.05) is 5.73 Å². The standard InChI is InChI=1S/C14H12N4O/c1-2-5-9-8-12(15)18-13(16-9)14-17-10-6-3-4-7-11(10)19-14/h2-4,6-8H,1,5H2,(H2,15,16,18). The molecule has 0 unspecified atom stereocenters. The Labute approximate surface area is 109 Å². The lowest BCUT2D eigenvalue weighted by molar-refractivity contribution is 0.612. The number of anilines is 1. The van der Waals surface area contributed by atoms with Crippen LogP contribution in [0.5, 0.6) is 0 Å². The number of benzene rings is 1. The Hall–Kier alpha value is -2.69. The van der Waals surface area contributed by atoms with E-state index >= 15 is 0 Å². The molecule has 0 saturated carbocycles. The van der Waals surface area contributed by atoms with E-state index < -0.39 is 0 Å². The van der Waals surface area contributed by atoms with Crippen molar-refractivity contribution in [2.45, 2.75) is 6.42 Å². The van der Waals surface area contributed by atoms with Gasteiger partial charge in [-0.2, -0.15) is 0 Å². The summed E-state index contributed by atoms with van der Waals surface area (Å²) in [4.78, 5) is 12.9. The van der Waals surface area contributed by atoms with Crippen LogP contribution in [0.1, 0.15) is 5.69 Å². The Balaban J connectivity index is 2.12. The van der Waals surface area contributed by atoms with E-state index in [-0.39, 0.29) is 0 Å². The molecule has 5 nitrogen and oxygen atoms in total. The fourth-order valence-corrected chi connectivity index (χ4v) is 1.83. The van der Waals surface area contributed by atoms with Gasteiger partial charge in [-0.25, -0.2) is 15.0 Å². The molecule has 2 N–H and O–H groups in total. The first-order valence-corrected chi connectivity index (χ1v) is 5.86. The van der Waals surface area contributed by atoms with Crippen molar-refractivity contribution in [1.82, 2.24) is 15.0 Å². The number of oxazole rings is 1. The van der Waals surface area contributed by atoms with E-state index in [9.17, 15) is 0 Å². The summed E-state index contributed by atoms with van der Waals surface area (Å²) in [5.74, 6) is 1.16. The highest BCUT2D eigenvalue weighted by atomic mass is 16.3. The number of fused-ring (bicyclic) bond motifs is 1. The molecule has 0 bridgehead atoms. The second kappa shape index (κ2) is 4.53. The molecule has 0 spiro atoms. The van der Waals surface area contributed by atoms with Gasteiger partial charge >= 0.3 is 0 Å². The van der Waals surface area contributed by atoms with E-state index in [1.165, 1.54) is 0 Å². The van der Waals surface area contributed by atoms with Gasteiger partial charge in [0.25, 0.3) is 5.89 Å². The molecular weight excluding hydrogens is 240 g/mol. The molecule has 0 atom stereocenters. The van der Waals surface area contributed by atoms with Crippen LogP contribution in [0.15, 0.2) is 47.4 Å². The zero-order valence-electron chi connectivity index (χ0n) is 10.2. The third kappa shape index (κ3) is 2.18. The molecule has 0 aliphatic carbocycles. The lowest BCUT2D eigenvalue weighted by Gasteiger charge is -2.00. The number of nitrogens with zero attached hydrogens (tertiary/aromatic N) is 3. The third-order valence-electron chi connectivity index (χ3n) is 2.64. The van der Waals surface area contributed by atoms with Gasteiger partial charge < -0.3 is 10.2 Å². The lowest BCUT2D eigenvalue weighted by Crippen LogP contribution is -1.99. The number of hydrogen-bond acceptors (Lipinski definition) is 5. The molecule has 5 heteroatoms. The topological polar surface area (TPSA) is 77.8 Å². The number of rotatable bonds is 3. The zero-order valence-corrected chi connectivity index (χ0v) is 10.2. The first-order valence-electron chi connectivity index (χ1n) is 5.86. The predicted octanol–water partition coefficient (Wildman–Crippen LogP) is 2.60. The molecule has 0 saturated heterocycles. The van der Waals surface area contributed by atoms with Crippen LogP contribution in [-0.4, -0.2) is 15.0 Å². The van der Waals surface area contributed by atoms with E-state index in [0.29, 0.717) is 29.5 Å². The summed E-state index contributed by atoms with van der Waals surface area (Å²) in [7, 11) is 0. The molecule has 94 valence electrons. The second-order valence-corrected chi connectivity index (χ2v) is 4.09. The van der Waals surface area contributed by atoms with Crippen molar-refractivity contribution in [1.29, 1.82) is 0 Å². The van der Waals surface area contributed by atoms with E-state index in [1.807, 2.05) is 24.3 Å². The summed E-state index contributed by atoms with van der Waals surface area (Å²) in [6.07, 6.45) is 2.39. The van der Waals surface area contributed by atoms with E-state index in [2.05, 4.69) is 21.5 Å². The Bertz CT molecular complexity index is 715. The fourth-order valence-electron chi connectivity index (χ4n) is 1.83. The van der Waals surface area contributed by atoms with Gasteiger partial charge in [0.15, 0.2) is 5.58 Å². The highest BCUT2D eigenvalue weighted by molar-refractivity contribution is 5.74. The van der Waals surface area contributed by atoms with Crippen LogP contribution < -0.4 is 5.73 Å². The summed E-state index contributed by atoms with van der Waals surface area (Å²) >= 11 is 0. The molecule has 0 radical (unpaired) electrons. The maximum Gasteiger partial charge on any atom is 0.266 e. The predicted molar refractivity (Wildman–Crippen MR) is 73.3 cm³/mol. The fraction of sp³-hybridized carbons (Fsp3) is 0.0714. The van der Waals surface area contributed by atoms with E-state index in [1.54, 1.807) is 12.1 Å². The quantitative estimate of drug-likeness (QED) is 0.725. The highest BCUT2D eigenvalue weighted by Crippen LogP contribution is 2.22. The Morgan fingerprint density at radius 1 is 1.21 bits per heavy atom. The molecule has 0 amide bonds. The number of nitrogen functional groups attached to an aromatic ring is 1. The average molecular weight is 252 g/mol. The summed E-state index contributed by atoms with van der Waals surface area (Å²) < 4.78 is 5.62. The van der Waals surface area contributed by atoms with Gasteiger partial charge in [0.05, 0.1) is 5.69 Å². The van der Waals surface area contributed by atoms with Gasteiger partial charge in [0.1, 0.15) is 11.3 Å². The van der Waals surface area contributed by atoms with Gasteiger partial charge in [0, 0.05) is 12.5 Å². The number of aromatic nitrogens is 3. The summed E-state index contributed by atoms with van der Waals surface area (Å²) in [6, 6.07) is 9.23. The maximum atomic E-state index is 5.77. The molecule has 19 heavy (non-hydrogen) atoms. The van der Waals surface area contributed by atoms with Gasteiger partial charge in [-0.05, 0) is 12.1 Å². The second-order valence-electron chi connectivity index (χ2n) is 4.09. The number of allylic oxidation sites excluding steroid dienone is 1. The number of para-hydroxylation sites is 2. The van der Waals surface area contributed by atoms with Gasteiger partial charge in [0.2, 0.25) is 5.82 Å². The minimum atomic E-state index is 0.374. The van der Waals surface area contributed by atoms with Crippen LogP contribution in [0.25, 0.3) is 22.8 Å². The smallest absolute Gasteiger partial charge is 0.266 e. The minimum absolute atomic E-state index is 0.374. The molecule has 3 aromatic rings. The molecule has 1 aromatic carbocycles. The first kappa shape index (κ1) is 11.4. The van der Waals surface area contributed by atoms with Crippen molar-refractivity contribution in [3.63, 3.8) is 0 Å². The Kier molecular flexibility index (Phi) is 2.72. The van der Waals surface area contributed by atoms with Crippen molar-refractivity contribution in [2.24, 2.45) is 0 Å². The zero-order chi connectivity index (χ0) is 13.2. The van der Waals surface area contributed by atoms with Crippen molar-refractivity contribution < 1.29 is 4.42 Å². The molecule has 0 aliphatic heterocycles. The molecule has 2 heterocycles. The van der Waals surface area contributed by atoms with Crippen LogP contribution in [-0.2, 0) is 6.42 Å². The molecular formula is C14H12N4O. The summed E-state index contributed by atoms with van der Waals surface area (Å²) in [5, 5.41) is 0. The summed E-state index contributed by atoms with van der Waals surface area (Å²) in [5.41, 5.74) is 8.03. The van der Waals surface area contributed by atoms with E-state index in [0.717, 1.165) is 11.2 Å². The highest BCUT2D eigenvalue weighted by Gasteiger charge is 2.12. The number of hydrogen-bond donors (Lipinski definition) is 1.